The van der Waals surface area contributed by atoms with E-state index in [2.05, 4.69) is 10.3 Å². The average Bonchev–Trinajstić information content (AvgIpc) is 3.46. The number of aromatic nitrogens is 4. The Balaban J connectivity index is 1.38. The Hall–Kier alpha value is -3.81. The summed E-state index contributed by atoms with van der Waals surface area (Å²) in [5, 5.41) is 9.10. The van der Waals surface area contributed by atoms with Crippen LogP contribution in [0.3, 0.4) is 0 Å². The molecule has 4 aromatic rings. The van der Waals surface area contributed by atoms with Crippen molar-refractivity contribution in [3.05, 3.63) is 65.9 Å². The van der Waals surface area contributed by atoms with Crippen LogP contribution in [0.1, 0.15) is 28.4 Å². The minimum Gasteiger partial charge on any atom is -0.345 e. The van der Waals surface area contributed by atoms with Crippen molar-refractivity contribution in [3.8, 4) is 0 Å². The van der Waals surface area contributed by atoms with E-state index in [1.54, 1.807) is 23.7 Å². The molecular weight excluding hydrogens is 404 g/mol. The van der Waals surface area contributed by atoms with Gasteiger partial charge in [0, 0.05) is 44.2 Å². The van der Waals surface area contributed by atoms with Gasteiger partial charge in [-0.2, -0.15) is 0 Å². The summed E-state index contributed by atoms with van der Waals surface area (Å²) in [6, 6.07) is 17.2. The molecule has 0 saturated carbocycles. The summed E-state index contributed by atoms with van der Waals surface area (Å²) in [5.41, 5.74) is 3.93. The quantitative estimate of drug-likeness (QED) is 0.499. The van der Waals surface area contributed by atoms with Crippen LogP contribution in [0.15, 0.2) is 54.6 Å². The van der Waals surface area contributed by atoms with E-state index in [4.69, 9.17) is 4.98 Å². The third-order valence-corrected chi connectivity index (χ3v) is 6.04. The summed E-state index contributed by atoms with van der Waals surface area (Å²) >= 11 is 0. The molecule has 5 rings (SSSR count). The fourth-order valence-electron chi connectivity index (χ4n) is 4.31. The lowest BCUT2D eigenvalue weighted by Gasteiger charge is -2.18. The predicted octanol–water partition coefficient (Wildman–Crippen LogP) is 2.70. The molecule has 8 heteroatoms. The van der Waals surface area contributed by atoms with Gasteiger partial charge in [0.25, 0.3) is 5.91 Å². The zero-order valence-electron chi connectivity index (χ0n) is 18.1. The molecule has 2 aromatic carbocycles. The molecular formula is C24H24N6O2. The summed E-state index contributed by atoms with van der Waals surface area (Å²) in [6.07, 6.45) is 0.810. The average molecular weight is 428 g/mol. The van der Waals surface area contributed by atoms with E-state index >= 15 is 0 Å². The van der Waals surface area contributed by atoms with E-state index in [0.717, 1.165) is 34.1 Å². The number of hydrogen-bond acceptors (Lipinski definition) is 5. The van der Waals surface area contributed by atoms with E-state index in [9.17, 15) is 9.59 Å². The molecule has 1 atom stereocenters. The van der Waals surface area contributed by atoms with Gasteiger partial charge in [0.05, 0.1) is 16.6 Å². The molecule has 1 fully saturated rings. The number of carbonyl (C=O) groups excluding carboxylic acids is 2. The lowest BCUT2D eigenvalue weighted by atomic mass is 9.99. The van der Waals surface area contributed by atoms with Gasteiger partial charge in [-0.3, -0.25) is 14.6 Å². The maximum atomic E-state index is 13.0. The molecule has 1 aliphatic heterocycles. The van der Waals surface area contributed by atoms with Crippen molar-refractivity contribution >= 4 is 33.8 Å². The number of fused-ring (bicyclic) bond motifs is 2. The summed E-state index contributed by atoms with van der Waals surface area (Å²) in [6.45, 7) is 1.39. The number of benzene rings is 2. The zero-order chi connectivity index (χ0) is 22.2. The summed E-state index contributed by atoms with van der Waals surface area (Å²) in [5.74, 6) is 0.0483. The summed E-state index contributed by atoms with van der Waals surface area (Å²) in [7, 11) is 3.50. The third kappa shape index (κ3) is 3.57. The highest BCUT2D eigenvalue weighted by molar-refractivity contribution is 6.06. The van der Waals surface area contributed by atoms with E-state index in [1.807, 2.05) is 59.5 Å². The summed E-state index contributed by atoms with van der Waals surface area (Å²) in [4.78, 5) is 34.0. The van der Waals surface area contributed by atoms with Crippen molar-refractivity contribution in [2.75, 3.05) is 27.2 Å². The van der Waals surface area contributed by atoms with Gasteiger partial charge in [0.1, 0.15) is 12.1 Å². The molecule has 162 valence electrons. The van der Waals surface area contributed by atoms with Gasteiger partial charge < -0.3 is 9.80 Å². The number of amides is 2. The first-order chi connectivity index (χ1) is 15.5. The highest BCUT2D eigenvalue weighted by Gasteiger charge is 2.30. The maximum absolute atomic E-state index is 13.0. The van der Waals surface area contributed by atoms with E-state index in [1.165, 1.54) is 0 Å². The van der Waals surface area contributed by atoms with Crippen LogP contribution in [-0.2, 0) is 11.3 Å². The predicted molar refractivity (Wildman–Crippen MR) is 121 cm³/mol. The Kier molecular flexibility index (Phi) is 5.05. The Morgan fingerprint density at radius 1 is 1.06 bits per heavy atom. The van der Waals surface area contributed by atoms with Crippen molar-refractivity contribution in [2.45, 2.75) is 18.9 Å². The minimum atomic E-state index is -0.0474. The number of pyridine rings is 1. The van der Waals surface area contributed by atoms with Crippen LogP contribution in [0.5, 0.6) is 0 Å². The Labute approximate surface area is 185 Å². The standard InChI is InChI=1S/C24H24N6O2/c1-28(2)24(32)18-13-21(25-19-8-4-3-7-17(18)19)16-11-12-29(14-16)23(31)15-30-22-10-6-5-9-20(22)26-27-30/h3-10,13,16H,11-12,14-15H2,1-2H3. The van der Waals surface area contributed by atoms with Gasteiger partial charge >= 0.3 is 0 Å². The molecule has 32 heavy (non-hydrogen) atoms. The second-order valence-corrected chi connectivity index (χ2v) is 8.37. The molecule has 2 amide bonds. The van der Waals surface area contributed by atoms with Crippen molar-refractivity contribution < 1.29 is 9.59 Å². The molecule has 0 bridgehead atoms. The fourth-order valence-corrected chi connectivity index (χ4v) is 4.31. The molecule has 1 saturated heterocycles. The SMILES string of the molecule is CN(C)C(=O)c1cc(C2CCN(C(=O)Cn3nnc4ccccc43)C2)nc2ccccc12. The van der Waals surface area contributed by atoms with Gasteiger partial charge in [-0.15, -0.1) is 5.10 Å². The Bertz CT molecular complexity index is 1330. The van der Waals surface area contributed by atoms with Gasteiger partial charge in [0.15, 0.2) is 0 Å². The number of likely N-dealkylation sites (tertiary alicyclic amines) is 1. The minimum absolute atomic E-state index is 0.00790. The number of para-hydroxylation sites is 2. The number of hydrogen-bond donors (Lipinski definition) is 0. The van der Waals surface area contributed by atoms with Crippen molar-refractivity contribution in [1.29, 1.82) is 0 Å². The summed E-state index contributed by atoms with van der Waals surface area (Å²) < 4.78 is 1.65. The van der Waals surface area contributed by atoms with Crippen LogP contribution in [-0.4, -0.2) is 68.8 Å². The lowest BCUT2D eigenvalue weighted by molar-refractivity contribution is -0.130. The maximum Gasteiger partial charge on any atom is 0.254 e. The molecule has 0 aliphatic carbocycles. The van der Waals surface area contributed by atoms with Gasteiger partial charge in [0.2, 0.25) is 5.91 Å². The highest BCUT2D eigenvalue weighted by Crippen LogP contribution is 2.30. The molecule has 0 N–H and O–H groups in total. The molecule has 0 spiro atoms. The van der Waals surface area contributed by atoms with Crippen LogP contribution < -0.4 is 0 Å². The van der Waals surface area contributed by atoms with Crippen LogP contribution in [0.4, 0.5) is 0 Å². The second kappa shape index (κ2) is 8.03. The zero-order valence-corrected chi connectivity index (χ0v) is 18.1. The third-order valence-electron chi connectivity index (χ3n) is 6.04. The fraction of sp³-hybridized carbons (Fsp3) is 0.292. The van der Waals surface area contributed by atoms with Gasteiger partial charge in [-0.25, -0.2) is 4.68 Å². The van der Waals surface area contributed by atoms with Crippen LogP contribution in [0.25, 0.3) is 21.9 Å². The van der Waals surface area contributed by atoms with Crippen molar-refractivity contribution in [2.24, 2.45) is 0 Å². The van der Waals surface area contributed by atoms with Crippen LogP contribution in [0, 0.1) is 0 Å². The Morgan fingerprint density at radius 2 is 1.81 bits per heavy atom. The van der Waals surface area contributed by atoms with Crippen LogP contribution >= 0.6 is 0 Å². The van der Waals surface area contributed by atoms with Crippen molar-refractivity contribution in [1.82, 2.24) is 29.8 Å². The van der Waals surface area contributed by atoms with E-state index in [-0.39, 0.29) is 24.3 Å². The number of carbonyl (C=O) groups is 2. The second-order valence-electron chi connectivity index (χ2n) is 8.37. The lowest BCUT2D eigenvalue weighted by Crippen LogP contribution is -2.32. The number of nitrogens with zero attached hydrogens (tertiary/aromatic N) is 6. The normalized spacial score (nSPS) is 16.1. The first kappa shape index (κ1) is 20.1. The largest absolute Gasteiger partial charge is 0.345 e. The topological polar surface area (TPSA) is 84.2 Å². The molecule has 1 unspecified atom stereocenters. The van der Waals surface area contributed by atoms with Crippen LogP contribution in [0.2, 0.25) is 0 Å². The molecule has 3 heterocycles. The smallest absolute Gasteiger partial charge is 0.254 e. The number of rotatable bonds is 4. The molecule has 0 radical (unpaired) electrons. The first-order valence-electron chi connectivity index (χ1n) is 10.7. The molecule has 8 nitrogen and oxygen atoms in total. The highest BCUT2D eigenvalue weighted by atomic mass is 16.2. The first-order valence-corrected chi connectivity index (χ1v) is 10.7. The Morgan fingerprint density at radius 3 is 2.62 bits per heavy atom. The molecule has 2 aromatic heterocycles. The van der Waals surface area contributed by atoms with Gasteiger partial charge in [-0.1, -0.05) is 35.5 Å². The van der Waals surface area contributed by atoms with E-state index in [0.29, 0.717) is 18.7 Å². The monoisotopic (exact) mass is 428 g/mol. The van der Waals surface area contributed by atoms with E-state index < -0.39 is 0 Å². The van der Waals surface area contributed by atoms with Gasteiger partial charge in [-0.05, 0) is 30.7 Å². The van der Waals surface area contributed by atoms with Crippen molar-refractivity contribution in [3.63, 3.8) is 0 Å². The molecule has 1 aliphatic rings.